The van der Waals surface area contributed by atoms with E-state index in [1.165, 1.54) is 0 Å². The summed E-state index contributed by atoms with van der Waals surface area (Å²) < 4.78 is 27.0. The van der Waals surface area contributed by atoms with Gasteiger partial charge in [-0.05, 0) is 49.4 Å². The first-order valence-electron chi connectivity index (χ1n) is 7.80. The Bertz CT molecular complexity index is 609. The van der Waals surface area contributed by atoms with Gasteiger partial charge in [-0.1, -0.05) is 13.8 Å². The van der Waals surface area contributed by atoms with Crippen LogP contribution in [0.2, 0.25) is 0 Å². The number of carbonyl (C=O) groups excluding carboxylic acids is 1. The summed E-state index contributed by atoms with van der Waals surface area (Å²) in [6, 6.07) is 6.55. The standard InChI is InChI=1S/C16H24N2O3S/c1-13(2)10-11-17-22(20,21)15-8-6-14(7-9-15)18-12-4-3-5-16(18)19/h6-9,13,17H,3-5,10-12H2,1-2H3. The number of hydrogen-bond acceptors (Lipinski definition) is 3. The summed E-state index contributed by atoms with van der Waals surface area (Å²) in [6.07, 6.45) is 3.29. The minimum absolute atomic E-state index is 0.108. The summed E-state index contributed by atoms with van der Waals surface area (Å²) >= 11 is 0. The van der Waals surface area contributed by atoms with E-state index in [0.717, 1.165) is 24.9 Å². The monoisotopic (exact) mass is 324 g/mol. The summed E-state index contributed by atoms with van der Waals surface area (Å²) in [4.78, 5) is 13.8. The first-order valence-corrected chi connectivity index (χ1v) is 9.28. The zero-order valence-corrected chi connectivity index (χ0v) is 14.0. The molecule has 0 aliphatic carbocycles. The summed E-state index contributed by atoms with van der Waals surface area (Å²) in [5.74, 6) is 0.562. The number of sulfonamides is 1. The van der Waals surface area contributed by atoms with Crippen molar-refractivity contribution in [3.05, 3.63) is 24.3 Å². The van der Waals surface area contributed by atoms with E-state index in [1.54, 1.807) is 29.2 Å². The lowest BCUT2D eigenvalue weighted by Crippen LogP contribution is -2.35. The van der Waals surface area contributed by atoms with Gasteiger partial charge in [0.15, 0.2) is 0 Å². The Morgan fingerprint density at radius 3 is 2.45 bits per heavy atom. The van der Waals surface area contributed by atoms with E-state index in [4.69, 9.17) is 0 Å². The molecule has 0 atom stereocenters. The number of nitrogens with one attached hydrogen (secondary N) is 1. The van der Waals surface area contributed by atoms with Crippen LogP contribution in [0.1, 0.15) is 39.5 Å². The summed E-state index contributed by atoms with van der Waals surface area (Å²) in [5.41, 5.74) is 0.769. The Kier molecular flexibility index (Phi) is 5.58. The highest BCUT2D eigenvalue weighted by molar-refractivity contribution is 7.89. The molecule has 0 bridgehead atoms. The highest BCUT2D eigenvalue weighted by atomic mass is 32.2. The number of carbonyl (C=O) groups is 1. The minimum atomic E-state index is -3.47. The number of benzene rings is 1. The Balaban J connectivity index is 2.06. The van der Waals surface area contributed by atoms with Crippen LogP contribution in [-0.2, 0) is 14.8 Å². The number of amides is 1. The Hall–Kier alpha value is -1.40. The number of hydrogen-bond donors (Lipinski definition) is 1. The van der Waals surface area contributed by atoms with Gasteiger partial charge in [-0.15, -0.1) is 0 Å². The molecule has 0 unspecified atom stereocenters. The van der Waals surface area contributed by atoms with E-state index in [-0.39, 0.29) is 10.8 Å². The second kappa shape index (κ2) is 7.24. The van der Waals surface area contributed by atoms with Crippen LogP contribution in [0, 0.1) is 5.92 Å². The van der Waals surface area contributed by atoms with Crippen LogP contribution in [-0.4, -0.2) is 27.4 Å². The van der Waals surface area contributed by atoms with Crippen molar-refractivity contribution in [3.8, 4) is 0 Å². The van der Waals surface area contributed by atoms with Gasteiger partial charge in [-0.25, -0.2) is 13.1 Å². The largest absolute Gasteiger partial charge is 0.312 e. The summed E-state index contributed by atoms with van der Waals surface area (Å²) in [6.45, 7) is 5.25. The molecule has 0 radical (unpaired) electrons. The molecule has 0 aromatic heterocycles. The molecule has 0 saturated carbocycles. The van der Waals surface area contributed by atoms with Gasteiger partial charge in [0.25, 0.3) is 0 Å². The van der Waals surface area contributed by atoms with Crippen molar-refractivity contribution in [1.82, 2.24) is 4.72 Å². The van der Waals surface area contributed by atoms with Crippen LogP contribution in [0.25, 0.3) is 0 Å². The normalized spacial score (nSPS) is 16.3. The van der Waals surface area contributed by atoms with Crippen LogP contribution in [0.4, 0.5) is 5.69 Å². The maximum atomic E-state index is 12.2. The van der Waals surface area contributed by atoms with Gasteiger partial charge in [-0.2, -0.15) is 0 Å². The lowest BCUT2D eigenvalue weighted by atomic mass is 10.1. The maximum absolute atomic E-state index is 12.2. The summed E-state index contributed by atoms with van der Waals surface area (Å²) in [5, 5.41) is 0. The lowest BCUT2D eigenvalue weighted by molar-refractivity contribution is -0.119. The van der Waals surface area contributed by atoms with Gasteiger partial charge in [0.1, 0.15) is 0 Å². The van der Waals surface area contributed by atoms with Gasteiger partial charge >= 0.3 is 0 Å². The molecule has 122 valence electrons. The van der Waals surface area contributed by atoms with Crippen LogP contribution in [0.5, 0.6) is 0 Å². The molecule has 1 heterocycles. The molecule has 1 aliphatic rings. The van der Waals surface area contributed by atoms with E-state index in [9.17, 15) is 13.2 Å². The van der Waals surface area contributed by atoms with E-state index < -0.39 is 10.0 Å². The number of rotatable bonds is 6. The average Bonchev–Trinajstić information content (AvgIpc) is 2.47. The topological polar surface area (TPSA) is 66.5 Å². The van der Waals surface area contributed by atoms with Crippen molar-refractivity contribution in [1.29, 1.82) is 0 Å². The molecule has 1 aliphatic heterocycles. The van der Waals surface area contributed by atoms with Gasteiger partial charge in [-0.3, -0.25) is 4.79 Å². The highest BCUT2D eigenvalue weighted by Gasteiger charge is 2.20. The molecule has 1 aromatic carbocycles. The van der Waals surface area contributed by atoms with Gasteiger partial charge in [0.2, 0.25) is 15.9 Å². The fourth-order valence-electron chi connectivity index (χ4n) is 2.45. The first kappa shape index (κ1) is 17.0. The van der Waals surface area contributed by atoms with E-state index >= 15 is 0 Å². The zero-order chi connectivity index (χ0) is 16.2. The molecule has 6 heteroatoms. The third kappa shape index (κ3) is 4.30. The SMILES string of the molecule is CC(C)CCNS(=O)(=O)c1ccc(N2CCCCC2=O)cc1. The van der Waals surface area contributed by atoms with Crippen molar-refractivity contribution in [3.63, 3.8) is 0 Å². The van der Waals surface area contributed by atoms with E-state index in [1.807, 2.05) is 0 Å². The first-order chi connectivity index (χ1) is 10.4. The minimum Gasteiger partial charge on any atom is -0.312 e. The van der Waals surface area contributed by atoms with Crippen molar-refractivity contribution >= 4 is 21.6 Å². The molecule has 2 rings (SSSR count). The third-order valence-electron chi connectivity index (χ3n) is 3.80. The summed E-state index contributed by atoms with van der Waals surface area (Å²) in [7, 11) is -3.47. The van der Waals surface area contributed by atoms with Crippen molar-refractivity contribution in [2.75, 3.05) is 18.0 Å². The zero-order valence-electron chi connectivity index (χ0n) is 13.2. The molecular formula is C16H24N2O3S. The predicted octanol–water partition coefficient (Wildman–Crippen LogP) is 2.53. The van der Waals surface area contributed by atoms with Crippen molar-refractivity contribution in [2.45, 2.75) is 44.4 Å². The predicted molar refractivity (Wildman–Crippen MR) is 87.3 cm³/mol. The van der Waals surface area contributed by atoms with Crippen molar-refractivity contribution in [2.24, 2.45) is 5.92 Å². The average molecular weight is 324 g/mol. The molecule has 1 amide bonds. The fourth-order valence-corrected chi connectivity index (χ4v) is 3.50. The van der Waals surface area contributed by atoms with Gasteiger partial charge < -0.3 is 4.90 Å². The van der Waals surface area contributed by atoms with Gasteiger partial charge in [0.05, 0.1) is 4.90 Å². The molecule has 1 N–H and O–H groups in total. The number of nitrogens with zero attached hydrogens (tertiary/aromatic N) is 1. The molecule has 1 fully saturated rings. The number of anilines is 1. The number of piperidine rings is 1. The van der Waals surface area contributed by atoms with E-state index in [2.05, 4.69) is 18.6 Å². The molecule has 5 nitrogen and oxygen atoms in total. The molecule has 0 spiro atoms. The lowest BCUT2D eigenvalue weighted by Gasteiger charge is -2.26. The van der Waals surface area contributed by atoms with Crippen LogP contribution in [0.15, 0.2) is 29.2 Å². The molecule has 1 aromatic rings. The van der Waals surface area contributed by atoms with Crippen LogP contribution in [0.3, 0.4) is 0 Å². The quantitative estimate of drug-likeness (QED) is 0.874. The Morgan fingerprint density at radius 2 is 1.86 bits per heavy atom. The molecule has 1 saturated heterocycles. The third-order valence-corrected chi connectivity index (χ3v) is 5.27. The Labute approximate surface area is 132 Å². The van der Waals surface area contributed by atoms with Crippen LogP contribution < -0.4 is 9.62 Å². The highest BCUT2D eigenvalue weighted by Crippen LogP contribution is 2.22. The molecular weight excluding hydrogens is 300 g/mol. The van der Waals surface area contributed by atoms with Crippen molar-refractivity contribution < 1.29 is 13.2 Å². The Morgan fingerprint density at radius 1 is 1.18 bits per heavy atom. The second-order valence-corrected chi connectivity index (χ2v) is 7.84. The smallest absolute Gasteiger partial charge is 0.240 e. The van der Waals surface area contributed by atoms with Gasteiger partial charge in [0, 0.05) is 25.2 Å². The second-order valence-electron chi connectivity index (χ2n) is 6.08. The molecule has 22 heavy (non-hydrogen) atoms. The van der Waals surface area contributed by atoms with E-state index in [0.29, 0.717) is 25.4 Å². The maximum Gasteiger partial charge on any atom is 0.240 e. The fraction of sp³-hybridized carbons (Fsp3) is 0.562. The van der Waals surface area contributed by atoms with Crippen LogP contribution >= 0.6 is 0 Å².